The van der Waals surface area contributed by atoms with Gasteiger partial charge in [-0.2, -0.15) is 0 Å². The number of benzene rings is 1. The van der Waals surface area contributed by atoms with Crippen LogP contribution >= 0.6 is 11.6 Å². The summed E-state index contributed by atoms with van der Waals surface area (Å²) in [6.45, 7) is 0.360. The number of aryl methyl sites for hydroxylation is 1. The van der Waals surface area contributed by atoms with Gasteiger partial charge in [0.05, 0.1) is 6.54 Å². The number of hydrogen-bond donors (Lipinski definition) is 1. The predicted molar refractivity (Wildman–Crippen MR) is 66.4 cm³/mol. The maximum Gasteiger partial charge on any atom is 0.294 e. The van der Waals surface area contributed by atoms with Crippen LogP contribution in [0.5, 0.6) is 0 Å². The number of halogens is 1. The SMILES string of the molecule is O=c1c2[nH]c3ccccc3c2nnn1CCCl. The predicted octanol–water partition coefficient (Wildman–Crippen LogP) is 1.51. The standard InChI is InChI=1S/C11H9ClN4O/c12-5-6-16-11(17)10-9(14-15-16)7-3-1-2-4-8(7)13-10/h1-4,13H,5-6H2. The summed E-state index contributed by atoms with van der Waals surface area (Å²) in [6.07, 6.45) is 0. The van der Waals surface area contributed by atoms with Crippen molar-refractivity contribution in [1.29, 1.82) is 0 Å². The van der Waals surface area contributed by atoms with E-state index in [4.69, 9.17) is 11.6 Å². The van der Waals surface area contributed by atoms with Crippen molar-refractivity contribution in [3.63, 3.8) is 0 Å². The van der Waals surface area contributed by atoms with E-state index in [2.05, 4.69) is 15.3 Å². The molecule has 86 valence electrons. The summed E-state index contributed by atoms with van der Waals surface area (Å²) in [5.74, 6) is 0.334. The Kier molecular flexibility index (Phi) is 2.33. The Morgan fingerprint density at radius 3 is 3.00 bits per heavy atom. The molecule has 0 saturated heterocycles. The average molecular weight is 249 g/mol. The van der Waals surface area contributed by atoms with Crippen molar-refractivity contribution in [3.05, 3.63) is 34.6 Å². The summed E-state index contributed by atoms with van der Waals surface area (Å²) in [4.78, 5) is 15.1. The van der Waals surface area contributed by atoms with E-state index < -0.39 is 0 Å². The second kappa shape index (κ2) is 3.85. The molecule has 6 heteroatoms. The van der Waals surface area contributed by atoms with Crippen LogP contribution in [0.2, 0.25) is 0 Å². The van der Waals surface area contributed by atoms with Crippen LogP contribution in [0, 0.1) is 0 Å². The summed E-state index contributed by atoms with van der Waals surface area (Å²) >= 11 is 5.60. The Labute approximate surface area is 101 Å². The molecule has 3 rings (SSSR count). The Hall–Kier alpha value is -1.88. The van der Waals surface area contributed by atoms with Crippen LogP contribution in [0.3, 0.4) is 0 Å². The van der Waals surface area contributed by atoms with Crippen molar-refractivity contribution in [2.75, 3.05) is 5.88 Å². The van der Waals surface area contributed by atoms with E-state index in [-0.39, 0.29) is 5.56 Å². The lowest BCUT2D eigenvalue weighted by Gasteiger charge is -1.98. The molecule has 2 aromatic heterocycles. The fourth-order valence-corrected chi connectivity index (χ4v) is 2.04. The first-order valence-corrected chi connectivity index (χ1v) is 5.75. The smallest absolute Gasteiger partial charge is 0.294 e. The molecule has 2 heterocycles. The number of hydrogen-bond acceptors (Lipinski definition) is 3. The fourth-order valence-electron chi connectivity index (χ4n) is 1.88. The zero-order chi connectivity index (χ0) is 11.8. The van der Waals surface area contributed by atoms with E-state index in [0.29, 0.717) is 23.5 Å². The van der Waals surface area contributed by atoms with Crippen molar-refractivity contribution < 1.29 is 0 Å². The van der Waals surface area contributed by atoms with Crippen LogP contribution < -0.4 is 5.56 Å². The molecule has 0 aliphatic rings. The quantitative estimate of drug-likeness (QED) is 0.700. The van der Waals surface area contributed by atoms with Crippen LogP contribution in [0.4, 0.5) is 0 Å². The van der Waals surface area contributed by atoms with Crippen LogP contribution in [-0.2, 0) is 6.54 Å². The fraction of sp³-hybridized carbons (Fsp3) is 0.182. The van der Waals surface area contributed by atoms with E-state index in [1.54, 1.807) is 0 Å². The number of aromatic amines is 1. The van der Waals surface area contributed by atoms with Crippen molar-refractivity contribution in [3.8, 4) is 0 Å². The molecule has 0 fully saturated rings. The van der Waals surface area contributed by atoms with Gasteiger partial charge in [-0.3, -0.25) is 4.79 Å². The molecule has 0 bridgehead atoms. The maximum absolute atomic E-state index is 12.1. The number of aromatic nitrogens is 4. The minimum Gasteiger partial charge on any atom is -0.349 e. The third-order valence-electron chi connectivity index (χ3n) is 2.68. The summed E-state index contributed by atoms with van der Waals surface area (Å²) in [5.41, 5.74) is 1.78. The number of para-hydroxylation sites is 1. The van der Waals surface area contributed by atoms with Gasteiger partial charge < -0.3 is 4.98 Å². The topological polar surface area (TPSA) is 63.6 Å². The highest BCUT2D eigenvalue weighted by Gasteiger charge is 2.10. The Morgan fingerprint density at radius 2 is 2.18 bits per heavy atom. The molecule has 5 nitrogen and oxygen atoms in total. The lowest BCUT2D eigenvalue weighted by molar-refractivity contribution is 0.583. The Balaban J connectivity index is 2.41. The van der Waals surface area contributed by atoms with Gasteiger partial charge in [-0.15, -0.1) is 16.7 Å². The van der Waals surface area contributed by atoms with Gasteiger partial charge in [-0.1, -0.05) is 23.4 Å². The maximum atomic E-state index is 12.1. The molecule has 17 heavy (non-hydrogen) atoms. The van der Waals surface area contributed by atoms with Gasteiger partial charge in [-0.25, -0.2) is 4.68 Å². The zero-order valence-corrected chi connectivity index (χ0v) is 9.61. The van der Waals surface area contributed by atoms with Gasteiger partial charge >= 0.3 is 0 Å². The molecule has 0 amide bonds. The molecule has 0 radical (unpaired) electrons. The van der Waals surface area contributed by atoms with Crippen molar-refractivity contribution in [2.45, 2.75) is 6.54 Å². The van der Waals surface area contributed by atoms with E-state index >= 15 is 0 Å². The Morgan fingerprint density at radius 1 is 1.35 bits per heavy atom. The summed E-state index contributed by atoms with van der Waals surface area (Å²) < 4.78 is 1.27. The highest BCUT2D eigenvalue weighted by molar-refractivity contribution is 6.17. The summed E-state index contributed by atoms with van der Waals surface area (Å²) in [6, 6.07) is 7.63. The van der Waals surface area contributed by atoms with Gasteiger partial charge in [-0.05, 0) is 6.07 Å². The van der Waals surface area contributed by atoms with Gasteiger partial charge in [0.25, 0.3) is 5.56 Å². The van der Waals surface area contributed by atoms with E-state index in [1.807, 2.05) is 24.3 Å². The molecule has 1 aromatic carbocycles. The molecule has 1 N–H and O–H groups in total. The Bertz CT molecular complexity index is 746. The molecular formula is C11H9ClN4O. The minimum atomic E-state index is -0.188. The van der Waals surface area contributed by atoms with Gasteiger partial charge in [0.2, 0.25) is 0 Å². The second-order valence-electron chi connectivity index (χ2n) is 3.70. The lowest BCUT2D eigenvalue weighted by atomic mass is 10.2. The van der Waals surface area contributed by atoms with E-state index in [0.717, 1.165) is 10.9 Å². The average Bonchev–Trinajstić information content (AvgIpc) is 2.73. The van der Waals surface area contributed by atoms with Crippen LogP contribution in [0.25, 0.3) is 21.9 Å². The number of nitrogens with one attached hydrogen (secondary N) is 1. The van der Waals surface area contributed by atoms with Crippen molar-refractivity contribution in [1.82, 2.24) is 20.0 Å². The van der Waals surface area contributed by atoms with Crippen molar-refractivity contribution >= 4 is 33.5 Å². The highest BCUT2D eigenvalue weighted by atomic mass is 35.5. The largest absolute Gasteiger partial charge is 0.349 e. The van der Waals surface area contributed by atoms with Gasteiger partial charge in [0.1, 0.15) is 11.0 Å². The summed E-state index contributed by atoms with van der Waals surface area (Å²) in [5, 5.41) is 8.85. The van der Waals surface area contributed by atoms with Gasteiger partial charge in [0, 0.05) is 16.8 Å². The first-order valence-electron chi connectivity index (χ1n) is 5.21. The third-order valence-corrected chi connectivity index (χ3v) is 2.84. The molecular weight excluding hydrogens is 240 g/mol. The van der Waals surface area contributed by atoms with E-state index in [9.17, 15) is 4.79 Å². The van der Waals surface area contributed by atoms with Gasteiger partial charge in [0.15, 0.2) is 0 Å². The third kappa shape index (κ3) is 1.51. The first kappa shape index (κ1) is 10.3. The summed E-state index contributed by atoms with van der Waals surface area (Å²) in [7, 11) is 0. The molecule has 0 saturated carbocycles. The number of fused-ring (bicyclic) bond motifs is 3. The first-order chi connectivity index (χ1) is 8.31. The van der Waals surface area contributed by atoms with Crippen molar-refractivity contribution in [2.24, 2.45) is 0 Å². The normalized spacial score (nSPS) is 11.4. The highest BCUT2D eigenvalue weighted by Crippen LogP contribution is 2.19. The molecule has 0 aliphatic heterocycles. The molecule has 0 spiro atoms. The molecule has 0 aliphatic carbocycles. The van der Waals surface area contributed by atoms with E-state index in [1.165, 1.54) is 4.68 Å². The number of nitrogens with zero attached hydrogens (tertiary/aromatic N) is 3. The second-order valence-corrected chi connectivity index (χ2v) is 4.08. The minimum absolute atomic E-state index is 0.188. The number of H-pyrrole nitrogens is 1. The molecule has 0 unspecified atom stereocenters. The molecule has 3 aromatic rings. The van der Waals surface area contributed by atoms with Crippen LogP contribution in [-0.4, -0.2) is 25.9 Å². The number of alkyl halides is 1. The molecule has 0 atom stereocenters. The lowest BCUT2D eigenvalue weighted by Crippen LogP contribution is -2.24. The number of rotatable bonds is 2. The van der Waals surface area contributed by atoms with Crippen LogP contribution in [0.15, 0.2) is 29.1 Å². The monoisotopic (exact) mass is 248 g/mol. The van der Waals surface area contributed by atoms with Crippen LogP contribution in [0.1, 0.15) is 0 Å². The zero-order valence-electron chi connectivity index (χ0n) is 8.85.